The Labute approximate surface area is 82.1 Å². The Morgan fingerprint density at radius 2 is 2.31 bits per heavy atom. The zero-order chi connectivity index (χ0) is 9.42. The maximum absolute atomic E-state index is 9.62. The number of phenols is 1. The average molecular weight is 199 g/mol. The van der Waals surface area contributed by atoms with E-state index in [4.69, 9.17) is 16.3 Å². The molecule has 1 aromatic rings. The quantitative estimate of drug-likeness (QED) is 0.752. The first kappa shape index (κ1) is 8.85. The van der Waals surface area contributed by atoms with E-state index >= 15 is 0 Å². The van der Waals surface area contributed by atoms with Crippen LogP contribution in [-0.4, -0.2) is 12.2 Å². The molecule has 1 atom stereocenters. The second kappa shape index (κ2) is 3.20. The van der Waals surface area contributed by atoms with Crippen LogP contribution in [0.3, 0.4) is 0 Å². The van der Waals surface area contributed by atoms with Crippen LogP contribution in [0.5, 0.6) is 5.75 Å². The first-order valence-electron chi connectivity index (χ1n) is 4.27. The Bertz CT molecular complexity index is 336. The predicted molar refractivity (Wildman–Crippen MR) is 51.2 cm³/mol. The van der Waals surface area contributed by atoms with E-state index in [9.17, 15) is 5.11 Å². The number of halogens is 1. The largest absolute Gasteiger partial charge is 0.508 e. The van der Waals surface area contributed by atoms with Gasteiger partial charge in [-0.05, 0) is 30.5 Å². The summed E-state index contributed by atoms with van der Waals surface area (Å²) >= 11 is 6.00. The summed E-state index contributed by atoms with van der Waals surface area (Å²) < 4.78 is 5.25. The number of aromatic hydroxyl groups is 1. The van der Waals surface area contributed by atoms with E-state index in [2.05, 4.69) is 0 Å². The first-order chi connectivity index (χ1) is 6.24. The minimum atomic E-state index is 0.00806. The Kier molecular flexibility index (Phi) is 2.18. The molecule has 0 saturated heterocycles. The third-order valence-electron chi connectivity index (χ3n) is 2.54. The Morgan fingerprint density at radius 3 is 3.00 bits per heavy atom. The van der Waals surface area contributed by atoms with Crippen molar-refractivity contribution < 1.29 is 9.84 Å². The minimum Gasteiger partial charge on any atom is -0.508 e. The fourth-order valence-electron chi connectivity index (χ4n) is 1.89. The predicted octanol–water partition coefficient (Wildman–Crippen LogP) is 2.68. The average Bonchev–Trinajstić information content (AvgIpc) is 2.56. The van der Waals surface area contributed by atoms with Gasteiger partial charge in [0.25, 0.3) is 0 Å². The van der Waals surface area contributed by atoms with E-state index in [1.54, 1.807) is 19.2 Å². The molecule has 2 nitrogen and oxygen atoms in total. The number of benzene rings is 1. The summed E-state index contributed by atoms with van der Waals surface area (Å²) in [5, 5.41) is 10.3. The van der Waals surface area contributed by atoms with Gasteiger partial charge in [-0.15, -0.1) is 0 Å². The molecule has 1 aromatic carbocycles. The maximum Gasteiger partial charge on any atom is 0.121 e. The summed E-state index contributed by atoms with van der Waals surface area (Å²) in [7, 11) is 1.65. The fraction of sp³-hybridized carbons (Fsp3) is 0.400. The molecule has 1 N–H and O–H groups in total. The molecule has 0 aliphatic heterocycles. The lowest BCUT2D eigenvalue weighted by Crippen LogP contribution is -1.95. The van der Waals surface area contributed by atoms with Gasteiger partial charge in [-0.1, -0.05) is 11.6 Å². The highest BCUT2D eigenvalue weighted by Gasteiger charge is 2.27. The van der Waals surface area contributed by atoms with Crippen molar-refractivity contribution in [3.63, 3.8) is 0 Å². The van der Waals surface area contributed by atoms with E-state index in [1.165, 1.54) is 0 Å². The molecule has 1 aliphatic carbocycles. The topological polar surface area (TPSA) is 29.5 Å². The summed E-state index contributed by atoms with van der Waals surface area (Å²) in [4.78, 5) is 0. The van der Waals surface area contributed by atoms with Crippen LogP contribution in [0.4, 0.5) is 0 Å². The molecule has 1 aliphatic rings. The van der Waals surface area contributed by atoms with Crippen LogP contribution in [0.15, 0.2) is 12.1 Å². The molecule has 3 heteroatoms. The van der Waals surface area contributed by atoms with Gasteiger partial charge in [0.2, 0.25) is 0 Å². The summed E-state index contributed by atoms with van der Waals surface area (Å²) in [6.45, 7) is 0. The Morgan fingerprint density at radius 1 is 1.54 bits per heavy atom. The van der Waals surface area contributed by atoms with Crippen LogP contribution in [0, 0.1) is 0 Å². The molecular weight excluding hydrogens is 188 g/mol. The number of hydrogen-bond donors (Lipinski definition) is 1. The van der Waals surface area contributed by atoms with Crippen molar-refractivity contribution >= 4 is 11.6 Å². The third kappa shape index (κ3) is 1.30. The molecule has 0 amide bonds. The monoisotopic (exact) mass is 198 g/mol. The molecule has 2 rings (SSSR count). The lowest BCUT2D eigenvalue weighted by Gasteiger charge is -2.11. The van der Waals surface area contributed by atoms with E-state index in [0.717, 1.165) is 29.0 Å². The molecule has 0 fully saturated rings. The van der Waals surface area contributed by atoms with Gasteiger partial charge in [0.1, 0.15) is 5.75 Å². The van der Waals surface area contributed by atoms with E-state index < -0.39 is 0 Å². The van der Waals surface area contributed by atoms with Gasteiger partial charge < -0.3 is 9.84 Å². The number of methoxy groups -OCH3 is 1. The van der Waals surface area contributed by atoms with Gasteiger partial charge >= 0.3 is 0 Å². The zero-order valence-corrected chi connectivity index (χ0v) is 8.14. The SMILES string of the molecule is COC1CCc2c(Cl)ccc(O)c21. The van der Waals surface area contributed by atoms with Crippen molar-refractivity contribution in [2.75, 3.05) is 7.11 Å². The third-order valence-corrected chi connectivity index (χ3v) is 2.89. The number of ether oxygens (including phenoxy) is 1. The number of fused-ring (bicyclic) bond motifs is 1. The van der Waals surface area contributed by atoms with Gasteiger partial charge in [-0.25, -0.2) is 0 Å². The molecule has 0 radical (unpaired) electrons. The van der Waals surface area contributed by atoms with Gasteiger partial charge in [0.15, 0.2) is 0 Å². The highest BCUT2D eigenvalue weighted by Crippen LogP contribution is 2.42. The molecule has 0 spiro atoms. The molecule has 0 heterocycles. The van der Waals surface area contributed by atoms with Crippen LogP contribution in [-0.2, 0) is 11.2 Å². The van der Waals surface area contributed by atoms with E-state index in [0.29, 0.717) is 5.75 Å². The normalized spacial score (nSPS) is 20.3. The molecule has 0 bridgehead atoms. The van der Waals surface area contributed by atoms with E-state index in [1.807, 2.05) is 0 Å². The van der Waals surface area contributed by atoms with Crippen molar-refractivity contribution in [2.45, 2.75) is 18.9 Å². The number of hydrogen-bond acceptors (Lipinski definition) is 2. The zero-order valence-electron chi connectivity index (χ0n) is 7.38. The lowest BCUT2D eigenvalue weighted by molar-refractivity contribution is 0.103. The summed E-state index contributed by atoms with van der Waals surface area (Å²) in [5.74, 6) is 0.295. The molecule has 0 saturated carbocycles. The van der Waals surface area contributed by atoms with Crippen molar-refractivity contribution in [3.8, 4) is 5.75 Å². The van der Waals surface area contributed by atoms with Gasteiger partial charge in [-0.2, -0.15) is 0 Å². The summed E-state index contributed by atoms with van der Waals surface area (Å²) in [5.41, 5.74) is 1.91. The Balaban J connectivity index is 2.55. The van der Waals surface area contributed by atoms with Gasteiger partial charge in [0.05, 0.1) is 6.10 Å². The van der Waals surface area contributed by atoms with Crippen molar-refractivity contribution in [3.05, 3.63) is 28.3 Å². The van der Waals surface area contributed by atoms with Crippen molar-refractivity contribution in [2.24, 2.45) is 0 Å². The highest BCUT2D eigenvalue weighted by atomic mass is 35.5. The van der Waals surface area contributed by atoms with Crippen LogP contribution in [0.2, 0.25) is 5.02 Å². The maximum atomic E-state index is 9.62. The first-order valence-corrected chi connectivity index (χ1v) is 4.65. The molecule has 70 valence electrons. The molecule has 0 aromatic heterocycles. The van der Waals surface area contributed by atoms with Crippen molar-refractivity contribution in [1.29, 1.82) is 0 Å². The second-order valence-electron chi connectivity index (χ2n) is 3.22. The van der Waals surface area contributed by atoms with Gasteiger partial charge in [0, 0.05) is 17.7 Å². The standard InChI is InChI=1S/C10H11ClO2/c1-13-9-5-2-6-7(11)3-4-8(12)10(6)9/h3-4,9,12H,2,5H2,1H3. The number of phenolic OH excluding ortho intramolecular Hbond substituents is 1. The van der Waals surface area contributed by atoms with Crippen molar-refractivity contribution in [1.82, 2.24) is 0 Å². The van der Waals surface area contributed by atoms with Crippen LogP contribution in [0.25, 0.3) is 0 Å². The molecule has 1 unspecified atom stereocenters. The van der Waals surface area contributed by atoms with Crippen LogP contribution >= 0.6 is 11.6 Å². The lowest BCUT2D eigenvalue weighted by atomic mass is 10.1. The molecular formula is C10H11ClO2. The summed E-state index contributed by atoms with van der Waals surface area (Å²) in [6.07, 6.45) is 1.80. The number of rotatable bonds is 1. The highest BCUT2D eigenvalue weighted by molar-refractivity contribution is 6.31. The van der Waals surface area contributed by atoms with Crippen LogP contribution < -0.4 is 0 Å². The van der Waals surface area contributed by atoms with Crippen LogP contribution in [0.1, 0.15) is 23.7 Å². The smallest absolute Gasteiger partial charge is 0.121 e. The van der Waals surface area contributed by atoms with E-state index in [-0.39, 0.29) is 6.10 Å². The Hall–Kier alpha value is -0.730. The second-order valence-corrected chi connectivity index (χ2v) is 3.63. The fourth-order valence-corrected chi connectivity index (χ4v) is 2.15. The van der Waals surface area contributed by atoms with Gasteiger partial charge in [-0.3, -0.25) is 0 Å². The summed E-state index contributed by atoms with van der Waals surface area (Å²) in [6, 6.07) is 3.35. The molecule has 13 heavy (non-hydrogen) atoms. The minimum absolute atomic E-state index is 0.00806.